The molecule has 0 aliphatic carbocycles. The predicted octanol–water partition coefficient (Wildman–Crippen LogP) is 0.757. The largest absolute Gasteiger partial charge is 0.463 e. The predicted molar refractivity (Wildman–Crippen MR) is 495 cm³/mol. The Balaban J connectivity index is 0.000000207. The molecule has 0 saturated carbocycles. The number of aromatic nitrogens is 12. The van der Waals surface area contributed by atoms with E-state index in [-0.39, 0.29) is 149 Å². The number of hydrogen-bond acceptors (Lipinski definition) is 40. The zero-order valence-electron chi connectivity index (χ0n) is 77.0. The van der Waals surface area contributed by atoms with Crippen LogP contribution in [0.25, 0.3) is 44.1 Å². The standard InChI is InChI=1S/C32H53N5O7.C22H26N6O6.C18H26N6O6.C16H22N6O6.CH4/c1-3-4-5-6-7-8-9-10-11-12-13-14-15-16-18-42-19-17-25(38)43-21-24-27(39)28(40)32(44-24)37-20-23(30(34)41)26-29(33)35-22(2)36-31(26)37;1-10-26-18(24)15-12(19(25)31)8-28(20(15)27-10)21-17(30)16(29)14(34-21)9-33-22(32)13(23)7-11-5-3-2-4-6-11;1-6(2)11(19)18(28)29-5-9-12(25)13(26)17(30-9)24-4-8(15(21)27)10-14(20)22-7(3)23-16(10)24;1-5(17)16(26)27-4-8-10(23)11(24)15(28-8)22-3-7(13(19)25)9-12(18)20-6(2)21-14(9)22;/h20,24,27-28,32,39-40H,3-19,21H2,1-2H3,(H2,34,41)(H2,33,35,36);2-6,8,13-14,16-17,21,29-30H,7,9,23H2,1H3,(H2,25,31)(H2,24,26,27);4,6,9,11-13,17,25-26H,5,19H2,1-3H3,(H2,21,27)(H2,20,22,23);3,5,8,10-11,15,23-24H,4,17H2,1-2H3,(H2,19,25)(H2,18,20,21);1H4/t;13-,14?,16?,17?,21?;9?,11-,12?,13?,17?;5-,8?,10?,11?,15?;/m.000./s1. The fourth-order valence-corrected chi connectivity index (χ4v) is 16.0. The third-order valence-electron chi connectivity index (χ3n) is 23.4. The van der Waals surface area contributed by atoms with Crippen molar-refractivity contribution in [2.45, 2.75) is 282 Å². The molecular weight excluding hydrogens is 1790 g/mol. The number of hydrogen-bond donors (Lipinski definition) is 19. The molecular formula is C89H131N23O25. The van der Waals surface area contributed by atoms with Gasteiger partial charge in [0.05, 0.1) is 56.8 Å². The van der Waals surface area contributed by atoms with Crippen molar-refractivity contribution < 1.29 is 122 Å². The number of fused-ring (bicyclic) bond motifs is 4. The molecule has 4 amide bonds. The van der Waals surface area contributed by atoms with Crippen LogP contribution in [0, 0.1) is 33.6 Å². The molecule has 19 atom stereocenters. The Hall–Kier alpha value is -12.0. The zero-order chi connectivity index (χ0) is 99.5. The number of aliphatic hydroxyl groups is 8. The van der Waals surface area contributed by atoms with Crippen molar-refractivity contribution in [2.75, 3.05) is 62.6 Å². The first kappa shape index (κ1) is 109. The van der Waals surface area contributed by atoms with Gasteiger partial charge in [0.15, 0.2) is 24.9 Å². The van der Waals surface area contributed by atoms with Gasteiger partial charge in [0.1, 0.15) is 187 Å². The van der Waals surface area contributed by atoms with Gasteiger partial charge in [0, 0.05) is 31.4 Å². The summed E-state index contributed by atoms with van der Waals surface area (Å²) in [5, 5.41) is 85.0. The van der Waals surface area contributed by atoms with E-state index in [1.165, 1.54) is 127 Å². The molecule has 8 aromatic heterocycles. The van der Waals surface area contributed by atoms with Gasteiger partial charge in [0.2, 0.25) is 0 Å². The molecule has 752 valence electrons. The van der Waals surface area contributed by atoms with Crippen LogP contribution in [0.1, 0.15) is 227 Å². The maximum absolute atomic E-state index is 12.3. The van der Waals surface area contributed by atoms with Crippen LogP contribution in [0.4, 0.5) is 23.3 Å². The highest BCUT2D eigenvalue weighted by atomic mass is 16.6. The van der Waals surface area contributed by atoms with Crippen LogP contribution in [0.2, 0.25) is 0 Å². The fourth-order valence-electron chi connectivity index (χ4n) is 16.0. The zero-order valence-corrected chi connectivity index (χ0v) is 77.0. The number of carbonyl (C=O) groups excluding carboxylic acids is 8. The Labute approximate surface area is 788 Å². The number of nitrogen functional groups attached to an aromatic ring is 4. The number of aliphatic hydroxyl groups excluding tert-OH is 8. The lowest BCUT2D eigenvalue weighted by Gasteiger charge is -2.18. The monoisotopic (exact) mass is 1920 g/mol. The Kier molecular flexibility index (Phi) is 39.1. The van der Waals surface area contributed by atoms with E-state index in [4.69, 9.17) is 106 Å². The number of ether oxygens (including phenoxy) is 9. The lowest BCUT2D eigenvalue weighted by Crippen LogP contribution is -2.40. The third kappa shape index (κ3) is 26.7. The molecule has 4 saturated heterocycles. The van der Waals surface area contributed by atoms with Crippen LogP contribution >= 0.6 is 0 Å². The van der Waals surface area contributed by atoms with E-state index in [0.717, 1.165) is 18.4 Å². The van der Waals surface area contributed by atoms with Gasteiger partial charge in [-0.25, -0.2) is 39.9 Å². The van der Waals surface area contributed by atoms with E-state index in [1.54, 1.807) is 41.5 Å². The lowest BCUT2D eigenvalue weighted by molar-refractivity contribution is -0.153. The Morgan fingerprint density at radius 3 is 0.964 bits per heavy atom. The average Bonchev–Trinajstić information content (AvgIpc) is 1.61. The molecule has 0 spiro atoms. The van der Waals surface area contributed by atoms with Gasteiger partial charge < -0.3 is 165 Å². The van der Waals surface area contributed by atoms with Crippen molar-refractivity contribution in [2.24, 2.45) is 46.1 Å². The lowest BCUT2D eigenvalue weighted by atomic mass is 10.0. The average molecular weight is 1920 g/mol. The van der Waals surface area contributed by atoms with Crippen LogP contribution < -0.4 is 63.1 Å². The molecule has 12 heterocycles. The van der Waals surface area contributed by atoms with E-state index in [9.17, 15) is 79.2 Å². The molecule has 0 radical (unpaired) electrons. The van der Waals surface area contributed by atoms with Crippen molar-refractivity contribution in [3.05, 3.63) is 106 Å². The number of primary amides is 4. The molecule has 48 heteroatoms. The first-order valence-corrected chi connectivity index (χ1v) is 44.9. The van der Waals surface area contributed by atoms with Crippen LogP contribution in [0.5, 0.6) is 0 Å². The highest BCUT2D eigenvalue weighted by Gasteiger charge is 2.50. The number of rotatable bonds is 40. The smallest absolute Gasteiger partial charge is 0.323 e. The normalized spacial score (nSPS) is 22.9. The molecule has 1 aromatic carbocycles. The second-order valence-electron chi connectivity index (χ2n) is 34.2. The molecule has 16 unspecified atom stereocenters. The number of carbonyl (C=O) groups is 8. The van der Waals surface area contributed by atoms with Crippen molar-refractivity contribution >= 4 is 115 Å². The molecule has 9 aromatic rings. The Bertz CT molecular complexity index is 5640. The Morgan fingerprint density at radius 1 is 0.387 bits per heavy atom. The van der Waals surface area contributed by atoms with E-state index >= 15 is 0 Å². The Morgan fingerprint density at radius 2 is 0.672 bits per heavy atom. The molecule has 4 fully saturated rings. The maximum atomic E-state index is 12.3. The van der Waals surface area contributed by atoms with Crippen molar-refractivity contribution in [1.82, 2.24) is 58.1 Å². The topological polar surface area (TPSA) is 791 Å². The van der Waals surface area contributed by atoms with Crippen LogP contribution in [0.15, 0.2) is 55.1 Å². The number of nitrogens with two attached hydrogens (primary N) is 11. The highest BCUT2D eigenvalue weighted by Crippen LogP contribution is 2.41. The third-order valence-corrected chi connectivity index (χ3v) is 23.4. The minimum atomic E-state index is -1.42. The van der Waals surface area contributed by atoms with Crippen molar-refractivity contribution in [3.8, 4) is 0 Å². The van der Waals surface area contributed by atoms with E-state index in [0.29, 0.717) is 29.9 Å². The summed E-state index contributed by atoms with van der Waals surface area (Å²) in [5.41, 5.74) is 64.7. The number of nitrogens with zero attached hydrogens (tertiary/aromatic N) is 12. The van der Waals surface area contributed by atoms with E-state index in [2.05, 4.69) is 46.8 Å². The first-order valence-electron chi connectivity index (χ1n) is 44.9. The maximum Gasteiger partial charge on any atom is 0.323 e. The summed E-state index contributed by atoms with van der Waals surface area (Å²) < 4.78 is 54.7. The molecule has 13 rings (SSSR count). The van der Waals surface area contributed by atoms with Crippen LogP contribution in [-0.2, 0) is 68.2 Å². The number of anilines is 4. The molecule has 4 aliphatic heterocycles. The summed E-state index contributed by atoms with van der Waals surface area (Å²) in [4.78, 5) is 129. The molecule has 30 N–H and O–H groups in total. The first-order chi connectivity index (χ1) is 64.5. The number of benzene rings is 1. The van der Waals surface area contributed by atoms with Crippen LogP contribution in [0.3, 0.4) is 0 Å². The number of unbranched alkanes of at least 4 members (excludes halogenated alkanes) is 13. The second kappa shape index (κ2) is 49.3. The van der Waals surface area contributed by atoms with E-state index < -0.39 is 164 Å². The summed E-state index contributed by atoms with van der Waals surface area (Å²) in [6.07, 6.45) is 4.19. The van der Waals surface area contributed by atoms with Crippen LogP contribution in [-0.4, -0.2) is 278 Å². The molecule has 137 heavy (non-hydrogen) atoms. The minimum Gasteiger partial charge on any atom is -0.463 e. The molecule has 48 nitrogen and oxygen atoms in total. The summed E-state index contributed by atoms with van der Waals surface area (Å²) in [5.74, 6) is -4.13. The SMILES string of the molecule is C.CCCCCCCCCCCCCCCCOCCC(=O)OCC1OC(n2cc(C(N)=O)c3c(N)nc(C)nc32)C(O)C1O.Cc1nc(N)c2c(C(N)=O)cn(C3OC(COC(=O)[C@@H](N)C(C)C)C(O)C3O)c2n1.Cc1nc(N)c2c(C(N)=O)cn(C3OC(COC(=O)[C@@H](N)Cc4ccccc4)C(O)C3O)c2n1.Cc1nc(N)c2c(C(N)=O)cn(C3OC(COC(=O)[C@H](C)N)C(O)C3O)c2n1. The van der Waals surface area contributed by atoms with Gasteiger partial charge >= 0.3 is 23.9 Å². The summed E-state index contributed by atoms with van der Waals surface area (Å²) >= 11 is 0. The van der Waals surface area contributed by atoms with Gasteiger partial charge in [-0.1, -0.05) is 142 Å². The molecule has 4 aliphatic rings. The van der Waals surface area contributed by atoms with Gasteiger partial charge in [-0.15, -0.1) is 0 Å². The van der Waals surface area contributed by atoms with Gasteiger partial charge in [0.25, 0.3) is 23.6 Å². The number of aryl methyl sites for hydroxylation is 4. The quantitative estimate of drug-likeness (QED) is 0.0143. The molecule has 0 bridgehead atoms. The van der Waals surface area contributed by atoms with Gasteiger partial charge in [-0.2, -0.15) is 0 Å². The summed E-state index contributed by atoms with van der Waals surface area (Å²) in [7, 11) is 0. The van der Waals surface area contributed by atoms with Crippen molar-refractivity contribution in [1.29, 1.82) is 0 Å². The second-order valence-corrected chi connectivity index (χ2v) is 34.2. The fraction of sp³-hybridized carbons (Fsp3) is 0.573. The number of amides is 4. The highest BCUT2D eigenvalue weighted by molar-refractivity contribution is 6.11. The summed E-state index contributed by atoms with van der Waals surface area (Å²) in [6.45, 7) is 13.3. The van der Waals surface area contributed by atoms with Crippen molar-refractivity contribution in [3.63, 3.8) is 0 Å². The van der Waals surface area contributed by atoms with Gasteiger partial charge in [-0.05, 0) is 58.9 Å². The minimum absolute atomic E-state index is 0. The summed E-state index contributed by atoms with van der Waals surface area (Å²) in [6, 6.07) is 6.66. The number of esters is 4. The van der Waals surface area contributed by atoms with E-state index in [1.807, 2.05) is 30.3 Å². The van der Waals surface area contributed by atoms with Gasteiger partial charge in [-0.3, -0.25) is 38.4 Å².